The third kappa shape index (κ3) is 3.53. The molecule has 0 aromatic heterocycles. The van der Waals surface area contributed by atoms with Crippen molar-refractivity contribution in [3.8, 4) is 17.6 Å². The Morgan fingerprint density at radius 3 is 2.71 bits per heavy atom. The van der Waals surface area contributed by atoms with E-state index in [-0.39, 0.29) is 5.75 Å². The first-order valence-corrected chi connectivity index (χ1v) is 5.11. The van der Waals surface area contributed by atoms with Crippen molar-refractivity contribution >= 4 is 0 Å². The lowest BCUT2D eigenvalue weighted by molar-refractivity contribution is 0.473. The number of phenolic OH excluding ortho intramolecular Hbond substituents is 1. The van der Waals surface area contributed by atoms with E-state index >= 15 is 0 Å². The fourth-order valence-corrected chi connectivity index (χ4v) is 1.20. The molecule has 1 aromatic rings. The second-order valence-electron chi connectivity index (χ2n) is 3.28. The Balaban J connectivity index is 2.47. The summed E-state index contributed by atoms with van der Waals surface area (Å²) in [6.07, 6.45) is 4.52. The van der Waals surface area contributed by atoms with Crippen molar-refractivity contribution < 1.29 is 5.11 Å². The van der Waals surface area contributed by atoms with Crippen LogP contribution in [-0.2, 0) is 0 Å². The van der Waals surface area contributed by atoms with Gasteiger partial charge < -0.3 is 5.11 Å². The smallest absolute Gasteiger partial charge is 0.131 e. The van der Waals surface area contributed by atoms with E-state index in [2.05, 4.69) is 18.8 Å². The molecule has 0 aliphatic carbocycles. The Hall–Kier alpha value is -1.42. The summed E-state index contributed by atoms with van der Waals surface area (Å²) >= 11 is 0. The number of hydrogen-bond acceptors (Lipinski definition) is 1. The van der Waals surface area contributed by atoms with Gasteiger partial charge in [0.15, 0.2) is 0 Å². The van der Waals surface area contributed by atoms with Gasteiger partial charge in [0.05, 0.1) is 5.56 Å². The van der Waals surface area contributed by atoms with Crippen LogP contribution in [0.2, 0.25) is 0 Å². The molecule has 1 heteroatoms. The van der Waals surface area contributed by atoms with Gasteiger partial charge in [-0.1, -0.05) is 43.7 Å². The molecule has 14 heavy (non-hydrogen) atoms. The van der Waals surface area contributed by atoms with Crippen molar-refractivity contribution in [2.45, 2.75) is 32.6 Å². The molecule has 0 radical (unpaired) electrons. The van der Waals surface area contributed by atoms with Gasteiger partial charge in [0.25, 0.3) is 0 Å². The minimum Gasteiger partial charge on any atom is -0.507 e. The highest BCUT2D eigenvalue weighted by Crippen LogP contribution is 2.13. The average molecular weight is 188 g/mol. The highest BCUT2D eigenvalue weighted by Gasteiger charge is 1.92. The van der Waals surface area contributed by atoms with Crippen LogP contribution in [0.25, 0.3) is 0 Å². The van der Waals surface area contributed by atoms with Crippen LogP contribution in [0.15, 0.2) is 24.3 Å². The van der Waals surface area contributed by atoms with Gasteiger partial charge in [0.2, 0.25) is 0 Å². The average Bonchev–Trinajstić information content (AvgIpc) is 2.20. The molecule has 74 valence electrons. The van der Waals surface area contributed by atoms with Crippen molar-refractivity contribution in [1.82, 2.24) is 0 Å². The third-order valence-corrected chi connectivity index (χ3v) is 2.03. The normalized spacial score (nSPS) is 9.21. The lowest BCUT2D eigenvalue weighted by Crippen LogP contribution is -1.75. The molecule has 1 nitrogen and oxygen atoms in total. The molecule has 0 saturated carbocycles. The summed E-state index contributed by atoms with van der Waals surface area (Å²) in [5, 5.41) is 9.41. The Morgan fingerprint density at radius 2 is 2.00 bits per heavy atom. The summed E-state index contributed by atoms with van der Waals surface area (Å²) in [4.78, 5) is 0. The van der Waals surface area contributed by atoms with Crippen LogP contribution in [0.4, 0.5) is 0 Å². The minimum absolute atomic E-state index is 0.274. The van der Waals surface area contributed by atoms with Gasteiger partial charge >= 0.3 is 0 Å². The van der Waals surface area contributed by atoms with E-state index in [0.29, 0.717) is 0 Å². The topological polar surface area (TPSA) is 20.2 Å². The number of rotatable bonds is 3. The minimum atomic E-state index is 0.274. The van der Waals surface area contributed by atoms with E-state index in [4.69, 9.17) is 0 Å². The molecule has 0 aliphatic rings. The number of aromatic hydroxyl groups is 1. The molecule has 0 saturated heterocycles. The highest BCUT2D eigenvalue weighted by molar-refractivity contribution is 5.44. The Morgan fingerprint density at radius 1 is 1.21 bits per heavy atom. The van der Waals surface area contributed by atoms with E-state index in [1.165, 1.54) is 12.8 Å². The maximum atomic E-state index is 9.41. The highest BCUT2D eigenvalue weighted by atomic mass is 16.3. The van der Waals surface area contributed by atoms with E-state index in [0.717, 1.165) is 18.4 Å². The molecular weight excluding hydrogens is 172 g/mol. The van der Waals surface area contributed by atoms with Gasteiger partial charge in [0.1, 0.15) is 5.75 Å². The van der Waals surface area contributed by atoms with E-state index in [1.807, 2.05) is 12.1 Å². The molecule has 0 unspecified atom stereocenters. The van der Waals surface area contributed by atoms with Crippen molar-refractivity contribution in [2.24, 2.45) is 0 Å². The maximum Gasteiger partial charge on any atom is 0.131 e. The SMILES string of the molecule is CCCCCC#Cc1ccccc1O. The fourth-order valence-electron chi connectivity index (χ4n) is 1.20. The van der Waals surface area contributed by atoms with Crippen molar-refractivity contribution in [3.63, 3.8) is 0 Å². The molecule has 0 fully saturated rings. The first-order chi connectivity index (χ1) is 6.84. The van der Waals surface area contributed by atoms with Gasteiger partial charge in [0, 0.05) is 6.42 Å². The molecule has 0 amide bonds. The summed E-state index contributed by atoms with van der Waals surface area (Å²) in [5.41, 5.74) is 0.726. The Kier molecular flexibility index (Phi) is 4.64. The van der Waals surface area contributed by atoms with Crippen LogP contribution in [0, 0.1) is 11.8 Å². The van der Waals surface area contributed by atoms with Gasteiger partial charge in [-0.3, -0.25) is 0 Å². The number of hydrogen-bond donors (Lipinski definition) is 1. The predicted molar refractivity (Wildman–Crippen MR) is 59.1 cm³/mol. The van der Waals surface area contributed by atoms with Crippen LogP contribution in [0.3, 0.4) is 0 Å². The maximum absolute atomic E-state index is 9.41. The van der Waals surface area contributed by atoms with Gasteiger partial charge in [-0.2, -0.15) is 0 Å². The van der Waals surface area contributed by atoms with Crippen molar-refractivity contribution in [2.75, 3.05) is 0 Å². The summed E-state index contributed by atoms with van der Waals surface area (Å²) in [5.74, 6) is 6.31. The summed E-state index contributed by atoms with van der Waals surface area (Å²) in [6, 6.07) is 7.19. The summed E-state index contributed by atoms with van der Waals surface area (Å²) in [7, 11) is 0. The van der Waals surface area contributed by atoms with Crippen LogP contribution < -0.4 is 0 Å². The van der Waals surface area contributed by atoms with Crippen LogP contribution in [-0.4, -0.2) is 5.11 Å². The second-order valence-corrected chi connectivity index (χ2v) is 3.28. The molecule has 0 aliphatic heterocycles. The zero-order valence-corrected chi connectivity index (χ0v) is 8.59. The first kappa shape index (κ1) is 10.7. The van der Waals surface area contributed by atoms with Crippen LogP contribution in [0.1, 0.15) is 38.2 Å². The molecule has 0 spiro atoms. The molecule has 0 bridgehead atoms. The van der Waals surface area contributed by atoms with Crippen LogP contribution >= 0.6 is 0 Å². The first-order valence-electron chi connectivity index (χ1n) is 5.11. The van der Waals surface area contributed by atoms with Gasteiger partial charge in [-0.05, 0) is 18.6 Å². The van der Waals surface area contributed by atoms with Crippen molar-refractivity contribution in [1.29, 1.82) is 0 Å². The third-order valence-electron chi connectivity index (χ3n) is 2.03. The number of unbranched alkanes of at least 4 members (excludes halogenated alkanes) is 3. The molecule has 1 N–H and O–H groups in total. The standard InChI is InChI=1S/C13H16O/c1-2-3-4-5-6-9-12-10-7-8-11-13(12)14/h7-8,10-11,14H,2-5H2,1H3. The summed E-state index contributed by atoms with van der Waals surface area (Å²) < 4.78 is 0. The Bertz CT molecular complexity index is 331. The molecule has 1 aromatic carbocycles. The number of phenols is 1. The zero-order valence-electron chi connectivity index (χ0n) is 8.59. The zero-order chi connectivity index (χ0) is 10.2. The second kappa shape index (κ2) is 6.10. The quantitative estimate of drug-likeness (QED) is 0.570. The molecule has 0 atom stereocenters. The molecule has 1 rings (SSSR count). The lowest BCUT2D eigenvalue weighted by Gasteiger charge is -1.93. The van der Waals surface area contributed by atoms with Crippen LogP contribution in [0.5, 0.6) is 5.75 Å². The van der Waals surface area contributed by atoms with E-state index < -0.39 is 0 Å². The molecular formula is C13H16O. The largest absolute Gasteiger partial charge is 0.507 e. The number of benzene rings is 1. The van der Waals surface area contributed by atoms with Gasteiger partial charge in [-0.25, -0.2) is 0 Å². The summed E-state index contributed by atoms with van der Waals surface area (Å²) in [6.45, 7) is 2.18. The van der Waals surface area contributed by atoms with Gasteiger partial charge in [-0.15, -0.1) is 0 Å². The predicted octanol–water partition coefficient (Wildman–Crippen LogP) is 3.32. The fraction of sp³-hybridized carbons (Fsp3) is 0.385. The monoisotopic (exact) mass is 188 g/mol. The Labute approximate surface area is 85.8 Å². The van der Waals surface area contributed by atoms with E-state index in [9.17, 15) is 5.11 Å². The lowest BCUT2D eigenvalue weighted by atomic mass is 10.1. The van der Waals surface area contributed by atoms with Crippen molar-refractivity contribution in [3.05, 3.63) is 29.8 Å². The molecule has 0 heterocycles. The van der Waals surface area contributed by atoms with E-state index in [1.54, 1.807) is 12.1 Å². The number of para-hydroxylation sites is 1.